The number of nitrogens with two attached hydrogens (primary N) is 1. The average molecular weight is 256 g/mol. The van der Waals surface area contributed by atoms with Gasteiger partial charge in [-0.05, 0) is 12.8 Å². The molecule has 1 atom stereocenters. The lowest BCUT2D eigenvalue weighted by molar-refractivity contribution is -0.159. The first-order valence-corrected chi connectivity index (χ1v) is 5.48. The Kier molecular flexibility index (Phi) is 4.52. The average Bonchev–Trinajstić information content (AvgIpc) is 2.92. The van der Waals surface area contributed by atoms with Crippen LogP contribution in [0.2, 0.25) is 0 Å². The van der Waals surface area contributed by atoms with Crippen molar-refractivity contribution in [2.75, 3.05) is 19.7 Å². The zero-order valence-electron chi connectivity index (χ0n) is 8.70. The van der Waals surface area contributed by atoms with E-state index >= 15 is 0 Å². The fourth-order valence-corrected chi connectivity index (χ4v) is 1.79. The molecule has 94 valence electrons. The van der Waals surface area contributed by atoms with E-state index in [2.05, 4.69) is 12.2 Å². The van der Waals surface area contributed by atoms with Crippen molar-refractivity contribution in [2.24, 2.45) is 11.7 Å². The summed E-state index contributed by atoms with van der Waals surface area (Å²) < 4.78 is 37.8. The molecule has 0 radical (unpaired) electrons. The van der Waals surface area contributed by atoms with Gasteiger partial charge in [-0.15, -0.1) is 0 Å². The zero-order chi connectivity index (χ0) is 12.3. The minimum Gasteiger partial charge on any atom is -0.395 e. The van der Waals surface area contributed by atoms with Crippen LogP contribution in [0.5, 0.6) is 0 Å². The monoisotopic (exact) mass is 256 g/mol. The summed E-state index contributed by atoms with van der Waals surface area (Å²) >= 11 is 4.44. The molecule has 0 aromatic rings. The molecule has 1 aliphatic carbocycles. The molecule has 16 heavy (non-hydrogen) atoms. The van der Waals surface area contributed by atoms with E-state index in [1.54, 1.807) is 4.90 Å². The van der Waals surface area contributed by atoms with Crippen LogP contribution in [0.25, 0.3) is 0 Å². The van der Waals surface area contributed by atoms with Gasteiger partial charge in [0.25, 0.3) is 0 Å². The van der Waals surface area contributed by atoms with Crippen LogP contribution in [-0.4, -0.2) is 46.9 Å². The Labute approximate surface area is 97.4 Å². The maximum absolute atomic E-state index is 12.6. The number of halogens is 3. The summed E-state index contributed by atoms with van der Waals surface area (Å²) in [7, 11) is 0. The molecule has 0 aliphatic heterocycles. The van der Waals surface area contributed by atoms with Crippen LogP contribution in [0, 0.1) is 5.92 Å². The lowest BCUT2D eigenvalue weighted by atomic mass is 10.1. The van der Waals surface area contributed by atoms with Crippen molar-refractivity contribution in [1.82, 2.24) is 4.90 Å². The summed E-state index contributed by atoms with van der Waals surface area (Å²) in [6.45, 7) is -0.164. The fourth-order valence-electron chi connectivity index (χ4n) is 1.58. The minimum absolute atomic E-state index is 0.145. The van der Waals surface area contributed by atoms with Crippen LogP contribution in [-0.2, 0) is 0 Å². The van der Waals surface area contributed by atoms with Gasteiger partial charge in [0.05, 0.1) is 11.6 Å². The van der Waals surface area contributed by atoms with Gasteiger partial charge in [0.1, 0.15) is 5.92 Å². The van der Waals surface area contributed by atoms with Crippen LogP contribution in [0.3, 0.4) is 0 Å². The topological polar surface area (TPSA) is 49.5 Å². The van der Waals surface area contributed by atoms with E-state index in [9.17, 15) is 13.2 Å². The lowest BCUT2D eigenvalue weighted by Crippen LogP contribution is -2.45. The predicted molar refractivity (Wildman–Crippen MR) is 58.0 cm³/mol. The van der Waals surface area contributed by atoms with Crippen LogP contribution in [0.4, 0.5) is 13.2 Å². The number of alkyl halides is 3. The van der Waals surface area contributed by atoms with Crippen LogP contribution < -0.4 is 5.73 Å². The van der Waals surface area contributed by atoms with Crippen molar-refractivity contribution in [3.63, 3.8) is 0 Å². The van der Waals surface area contributed by atoms with Gasteiger partial charge in [-0.2, -0.15) is 13.2 Å². The molecule has 0 saturated heterocycles. The Balaban J connectivity index is 2.61. The van der Waals surface area contributed by atoms with Crippen LogP contribution in [0.15, 0.2) is 0 Å². The van der Waals surface area contributed by atoms with Crippen molar-refractivity contribution in [3.05, 3.63) is 0 Å². The number of hydrogen-bond acceptors (Lipinski definition) is 3. The quantitative estimate of drug-likeness (QED) is 0.694. The molecular weight excluding hydrogens is 241 g/mol. The number of thiocarbonyl (C=S) groups is 1. The molecule has 0 heterocycles. The molecule has 3 N–H and O–H groups in total. The molecule has 1 rings (SSSR count). The second-order valence-electron chi connectivity index (χ2n) is 3.95. The summed E-state index contributed by atoms with van der Waals surface area (Å²) in [6, 6.07) is 0.145. The van der Waals surface area contributed by atoms with E-state index in [0.717, 1.165) is 12.8 Å². The Morgan fingerprint density at radius 2 is 2.06 bits per heavy atom. The molecule has 0 aromatic heterocycles. The Bertz CT molecular complexity index is 256. The van der Waals surface area contributed by atoms with E-state index < -0.39 is 17.1 Å². The van der Waals surface area contributed by atoms with Crippen molar-refractivity contribution in [3.8, 4) is 0 Å². The number of aliphatic hydroxyl groups is 1. The highest BCUT2D eigenvalue weighted by Gasteiger charge is 2.44. The Morgan fingerprint density at radius 3 is 2.38 bits per heavy atom. The first-order chi connectivity index (χ1) is 7.36. The second-order valence-corrected chi connectivity index (χ2v) is 4.42. The highest BCUT2D eigenvalue weighted by molar-refractivity contribution is 7.80. The third-order valence-corrected chi connectivity index (χ3v) is 2.89. The van der Waals surface area contributed by atoms with Gasteiger partial charge in [0.2, 0.25) is 0 Å². The highest BCUT2D eigenvalue weighted by atomic mass is 32.1. The second kappa shape index (κ2) is 5.29. The van der Waals surface area contributed by atoms with E-state index in [-0.39, 0.29) is 25.7 Å². The zero-order valence-corrected chi connectivity index (χ0v) is 9.52. The first kappa shape index (κ1) is 13.7. The summed E-state index contributed by atoms with van der Waals surface area (Å²) in [5, 5.41) is 8.78. The van der Waals surface area contributed by atoms with Gasteiger partial charge >= 0.3 is 6.18 Å². The molecule has 0 amide bonds. The number of nitrogens with zero attached hydrogens (tertiary/aromatic N) is 1. The van der Waals surface area contributed by atoms with E-state index in [4.69, 9.17) is 10.8 Å². The van der Waals surface area contributed by atoms with Gasteiger partial charge in [0.15, 0.2) is 0 Å². The molecule has 0 bridgehead atoms. The van der Waals surface area contributed by atoms with Gasteiger partial charge in [0, 0.05) is 19.1 Å². The van der Waals surface area contributed by atoms with E-state index in [1.165, 1.54) is 0 Å². The van der Waals surface area contributed by atoms with Gasteiger partial charge < -0.3 is 10.8 Å². The third kappa shape index (κ3) is 3.88. The van der Waals surface area contributed by atoms with Gasteiger partial charge in [-0.3, -0.25) is 4.90 Å². The molecular formula is C9H15F3N2OS. The summed E-state index contributed by atoms with van der Waals surface area (Å²) in [4.78, 5) is 1.08. The molecule has 1 fully saturated rings. The smallest absolute Gasteiger partial charge is 0.395 e. The maximum Gasteiger partial charge on any atom is 0.399 e. The summed E-state index contributed by atoms with van der Waals surface area (Å²) in [5.41, 5.74) is 5.11. The maximum atomic E-state index is 12.6. The van der Waals surface area contributed by atoms with Crippen molar-refractivity contribution >= 4 is 17.2 Å². The molecule has 0 spiro atoms. The molecule has 1 saturated carbocycles. The van der Waals surface area contributed by atoms with E-state index in [0.29, 0.717) is 0 Å². The molecule has 1 unspecified atom stereocenters. The summed E-state index contributed by atoms with van der Waals surface area (Å²) in [5.74, 6) is -1.78. The third-order valence-electron chi connectivity index (χ3n) is 2.61. The molecule has 3 nitrogen and oxygen atoms in total. The highest BCUT2D eigenvalue weighted by Crippen LogP contribution is 2.32. The van der Waals surface area contributed by atoms with E-state index in [1.807, 2.05) is 0 Å². The van der Waals surface area contributed by atoms with Crippen molar-refractivity contribution in [2.45, 2.75) is 25.1 Å². The van der Waals surface area contributed by atoms with Gasteiger partial charge in [-0.1, -0.05) is 12.2 Å². The minimum atomic E-state index is -4.41. The normalized spacial score (nSPS) is 18.8. The number of hydrogen-bond donors (Lipinski definition) is 2. The fraction of sp³-hybridized carbons (Fsp3) is 0.889. The number of aliphatic hydroxyl groups excluding tert-OH is 1. The SMILES string of the molecule is NC(=S)C(CN(CCO)C1CC1)C(F)(F)F. The molecule has 7 heteroatoms. The molecule has 1 aliphatic rings. The summed E-state index contributed by atoms with van der Waals surface area (Å²) in [6.07, 6.45) is -2.65. The standard InChI is InChI=1S/C9H15F3N2OS/c10-9(11,12)7(8(13)16)5-14(3-4-15)6-1-2-6/h6-7,15H,1-5H2,(H2,13,16). The Hall–Kier alpha value is -0.400. The van der Waals surface area contributed by atoms with Gasteiger partial charge in [-0.25, -0.2) is 0 Å². The largest absolute Gasteiger partial charge is 0.399 e. The Morgan fingerprint density at radius 1 is 1.50 bits per heavy atom. The molecule has 0 aromatic carbocycles. The number of rotatable bonds is 6. The van der Waals surface area contributed by atoms with Crippen molar-refractivity contribution < 1.29 is 18.3 Å². The van der Waals surface area contributed by atoms with Crippen LogP contribution in [0.1, 0.15) is 12.8 Å². The lowest BCUT2D eigenvalue weighted by Gasteiger charge is -2.27. The van der Waals surface area contributed by atoms with Crippen LogP contribution >= 0.6 is 12.2 Å². The predicted octanol–water partition coefficient (Wildman–Crippen LogP) is 0.908. The first-order valence-electron chi connectivity index (χ1n) is 5.07. The van der Waals surface area contributed by atoms with Crippen molar-refractivity contribution in [1.29, 1.82) is 0 Å².